The number of nitrogens with one attached hydrogen (secondary N) is 1. The van der Waals surface area contributed by atoms with Crippen LogP contribution in [0.2, 0.25) is 0 Å². The molecule has 0 aliphatic carbocycles. The number of carbonyl (C=O) groups is 2. The Labute approximate surface area is 186 Å². The Kier molecular flexibility index (Phi) is 6.08. The number of nitrogens with zero attached hydrogens (tertiary/aromatic N) is 1. The van der Waals surface area contributed by atoms with Crippen molar-refractivity contribution in [1.82, 2.24) is 5.43 Å². The van der Waals surface area contributed by atoms with E-state index in [-0.39, 0.29) is 5.91 Å². The van der Waals surface area contributed by atoms with E-state index < -0.39 is 5.97 Å². The van der Waals surface area contributed by atoms with Gasteiger partial charge in [0.15, 0.2) is 0 Å². The summed E-state index contributed by atoms with van der Waals surface area (Å²) >= 11 is 0. The summed E-state index contributed by atoms with van der Waals surface area (Å²) in [5.74, 6) is -0.412. The molecule has 0 fully saturated rings. The van der Waals surface area contributed by atoms with Crippen LogP contribution in [0.15, 0.2) is 90.0 Å². The molecule has 0 saturated heterocycles. The molecule has 0 bridgehead atoms. The fraction of sp³-hybridized carbons (Fsp3) is 0.0741. The maximum absolute atomic E-state index is 12.7. The number of carbonyl (C=O) groups excluding carboxylic acids is 2. The number of benzene rings is 4. The van der Waals surface area contributed by atoms with Crippen molar-refractivity contribution in [3.8, 4) is 5.75 Å². The van der Waals surface area contributed by atoms with Gasteiger partial charge in [-0.3, -0.25) is 4.79 Å². The van der Waals surface area contributed by atoms with Crippen LogP contribution in [0.3, 0.4) is 0 Å². The highest BCUT2D eigenvalue weighted by Gasteiger charge is 2.13. The topological polar surface area (TPSA) is 67.8 Å². The van der Waals surface area contributed by atoms with E-state index in [1.54, 1.807) is 30.3 Å². The number of hydrazone groups is 1. The third-order valence-electron chi connectivity index (χ3n) is 5.06. The Balaban J connectivity index is 1.62. The van der Waals surface area contributed by atoms with Crippen LogP contribution in [-0.4, -0.2) is 18.1 Å². The monoisotopic (exact) mass is 422 g/mol. The van der Waals surface area contributed by atoms with Crippen LogP contribution in [0.5, 0.6) is 5.75 Å². The Morgan fingerprint density at radius 3 is 2.38 bits per heavy atom. The highest BCUT2D eigenvalue weighted by atomic mass is 16.5. The first-order chi connectivity index (χ1) is 15.5. The maximum atomic E-state index is 12.7. The van der Waals surface area contributed by atoms with Crippen molar-refractivity contribution in [2.75, 3.05) is 0 Å². The van der Waals surface area contributed by atoms with E-state index in [1.807, 2.05) is 68.4 Å². The minimum absolute atomic E-state index is 0.316. The van der Waals surface area contributed by atoms with E-state index in [9.17, 15) is 9.59 Å². The molecule has 32 heavy (non-hydrogen) atoms. The summed E-state index contributed by atoms with van der Waals surface area (Å²) in [6.07, 6.45) is 1.51. The van der Waals surface area contributed by atoms with Crippen molar-refractivity contribution < 1.29 is 14.3 Å². The average Bonchev–Trinajstić information content (AvgIpc) is 2.80. The van der Waals surface area contributed by atoms with Crippen molar-refractivity contribution in [3.63, 3.8) is 0 Å². The lowest BCUT2D eigenvalue weighted by atomic mass is 10.0. The molecular weight excluding hydrogens is 400 g/mol. The summed E-state index contributed by atoms with van der Waals surface area (Å²) < 4.78 is 5.69. The summed E-state index contributed by atoms with van der Waals surface area (Å²) in [6.45, 7) is 3.88. The van der Waals surface area contributed by atoms with Crippen LogP contribution in [0.1, 0.15) is 37.4 Å². The largest absolute Gasteiger partial charge is 0.422 e. The fourth-order valence-corrected chi connectivity index (χ4v) is 3.35. The Morgan fingerprint density at radius 2 is 1.59 bits per heavy atom. The molecular formula is C27H22N2O3. The lowest BCUT2D eigenvalue weighted by Gasteiger charge is -2.11. The molecule has 1 N–H and O–H groups in total. The first kappa shape index (κ1) is 21.0. The summed E-state index contributed by atoms with van der Waals surface area (Å²) in [6, 6.07) is 25.8. The van der Waals surface area contributed by atoms with E-state index in [4.69, 9.17) is 4.74 Å². The van der Waals surface area contributed by atoms with Crippen LogP contribution in [0.25, 0.3) is 10.8 Å². The van der Waals surface area contributed by atoms with E-state index >= 15 is 0 Å². The van der Waals surface area contributed by atoms with Gasteiger partial charge in [0.1, 0.15) is 5.75 Å². The SMILES string of the molecule is Cc1ccc(C(=O)Oc2ccc3ccccc3c2/C=N/NC(=O)c2cccc(C)c2)cc1. The summed E-state index contributed by atoms with van der Waals surface area (Å²) in [4.78, 5) is 25.1. The van der Waals surface area contributed by atoms with Gasteiger partial charge in [0.2, 0.25) is 0 Å². The summed E-state index contributed by atoms with van der Waals surface area (Å²) in [5, 5.41) is 5.96. The van der Waals surface area contributed by atoms with Crippen LogP contribution >= 0.6 is 0 Å². The van der Waals surface area contributed by atoms with Crippen LogP contribution in [0.4, 0.5) is 0 Å². The number of hydrogen-bond acceptors (Lipinski definition) is 4. The number of hydrogen-bond donors (Lipinski definition) is 1. The summed E-state index contributed by atoms with van der Waals surface area (Å²) in [5.41, 5.74) is 6.18. The standard InChI is InChI=1S/C27H22N2O3/c1-18-10-12-21(13-11-18)27(31)32-25-15-14-20-7-3-4-9-23(20)24(25)17-28-29-26(30)22-8-5-6-19(2)16-22/h3-17H,1-2H3,(H,29,30)/b28-17+. The molecule has 0 heterocycles. The molecule has 0 spiro atoms. The molecule has 4 aromatic carbocycles. The molecule has 158 valence electrons. The normalized spacial score (nSPS) is 10.9. The van der Waals surface area contributed by atoms with Gasteiger partial charge in [-0.1, -0.05) is 65.7 Å². The number of aryl methyl sites for hydroxylation is 2. The molecule has 0 aromatic heterocycles. The van der Waals surface area contributed by atoms with E-state index in [1.165, 1.54) is 6.21 Å². The number of amides is 1. The van der Waals surface area contributed by atoms with Crippen molar-refractivity contribution in [2.24, 2.45) is 5.10 Å². The zero-order valence-electron chi connectivity index (χ0n) is 17.8. The number of ether oxygens (including phenoxy) is 1. The minimum atomic E-state index is -0.460. The van der Waals surface area contributed by atoms with Crippen molar-refractivity contribution >= 4 is 28.9 Å². The molecule has 0 saturated carbocycles. The van der Waals surface area contributed by atoms with Gasteiger partial charge in [-0.2, -0.15) is 5.10 Å². The quantitative estimate of drug-likeness (QED) is 0.202. The lowest BCUT2D eigenvalue weighted by molar-refractivity contribution is 0.0734. The predicted molar refractivity (Wildman–Crippen MR) is 126 cm³/mol. The molecule has 0 unspecified atom stereocenters. The van der Waals surface area contributed by atoms with Gasteiger partial charge >= 0.3 is 5.97 Å². The third-order valence-corrected chi connectivity index (χ3v) is 5.06. The van der Waals surface area contributed by atoms with Crippen molar-refractivity contribution in [1.29, 1.82) is 0 Å². The molecule has 0 aliphatic heterocycles. The second kappa shape index (κ2) is 9.27. The zero-order valence-corrected chi connectivity index (χ0v) is 17.8. The van der Waals surface area contributed by atoms with Crippen LogP contribution < -0.4 is 10.2 Å². The molecule has 4 aromatic rings. The minimum Gasteiger partial charge on any atom is -0.422 e. The van der Waals surface area contributed by atoms with Crippen molar-refractivity contribution in [2.45, 2.75) is 13.8 Å². The smallest absolute Gasteiger partial charge is 0.343 e. The highest BCUT2D eigenvalue weighted by molar-refractivity contribution is 6.04. The van der Waals surface area contributed by atoms with E-state index in [0.29, 0.717) is 22.4 Å². The Morgan fingerprint density at radius 1 is 0.812 bits per heavy atom. The molecule has 0 radical (unpaired) electrons. The first-order valence-corrected chi connectivity index (χ1v) is 10.2. The fourth-order valence-electron chi connectivity index (χ4n) is 3.35. The molecule has 1 amide bonds. The van der Waals surface area contributed by atoms with E-state index in [0.717, 1.165) is 21.9 Å². The maximum Gasteiger partial charge on any atom is 0.343 e. The van der Waals surface area contributed by atoms with Crippen LogP contribution in [0, 0.1) is 13.8 Å². The second-order valence-electron chi connectivity index (χ2n) is 7.52. The molecule has 5 heteroatoms. The number of fused-ring (bicyclic) bond motifs is 1. The lowest BCUT2D eigenvalue weighted by Crippen LogP contribution is -2.18. The highest BCUT2D eigenvalue weighted by Crippen LogP contribution is 2.27. The predicted octanol–water partition coefficient (Wildman–Crippen LogP) is 5.44. The van der Waals surface area contributed by atoms with Crippen molar-refractivity contribution in [3.05, 3.63) is 113 Å². The molecule has 0 aliphatic rings. The van der Waals surface area contributed by atoms with E-state index in [2.05, 4.69) is 10.5 Å². The Bertz CT molecular complexity index is 1320. The first-order valence-electron chi connectivity index (χ1n) is 10.2. The van der Waals surface area contributed by atoms with Gasteiger partial charge in [-0.25, -0.2) is 10.2 Å². The Hall–Kier alpha value is -4.25. The van der Waals surface area contributed by atoms with Gasteiger partial charge in [-0.05, 0) is 55.0 Å². The van der Waals surface area contributed by atoms with Gasteiger partial charge in [0.05, 0.1) is 11.8 Å². The second-order valence-corrected chi connectivity index (χ2v) is 7.52. The zero-order chi connectivity index (χ0) is 22.5. The molecule has 5 nitrogen and oxygen atoms in total. The van der Waals surface area contributed by atoms with Gasteiger partial charge < -0.3 is 4.74 Å². The van der Waals surface area contributed by atoms with Gasteiger partial charge in [0.25, 0.3) is 5.91 Å². The molecule has 0 atom stereocenters. The third kappa shape index (κ3) is 4.73. The average molecular weight is 422 g/mol. The van der Waals surface area contributed by atoms with Gasteiger partial charge in [0, 0.05) is 11.1 Å². The molecule has 4 rings (SSSR count). The number of esters is 1. The summed E-state index contributed by atoms with van der Waals surface area (Å²) in [7, 11) is 0. The van der Waals surface area contributed by atoms with Crippen LogP contribution in [-0.2, 0) is 0 Å². The van der Waals surface area contributed by atoms with Gasteiger partial charge in [-0.15, -0.1) is 0 Å². The number of rotatable bonds is 5.